The van der Waals surface area contributed by atoms with E-state index in [-0.39, 0.29) is 24.6 Å². The number of urea groups is 1. The van der Waals surface area contributed by atoms with Gasteiger partial charge in [0.25, 0.3) is 5.91 Å². The highest BCUT2D eigenvalue weighted by Crippen LogP contribution is 2.31. The number of nitrogens with zero attached hydrogens (tertiary/aromatic N) is 1. The van der Waals surface area contributed by atoms with Crippen LogP contribution in [-0.2, 0) is 4.79 Å². The summed E-state index contributed by atoms with van der Waals surface area (Å²) in [6.07, 6.45) is 0. The van der Waals surface area contributed by atoms with Crippen LogP contribution in [0.5, 0.6) is 5.75 Å². The molecule has 2 N–H and O–H groups in total. The number of anilines is 2. The van der Waals surface area contributed by atoms with Crippen molar-refractivity contribution in [3.63, 3.8) is 0 Å². The summed E-state index contributed by atoms with van der Waals surface area (Å²) in [5, 5.41) is 6.17. The van der Waals surface area contributed by atoms with E-state index in [9.17, 15) is 9.59 Å². The van der Waals surface area contributed by atoms with E-state index in [0.29, 0.717) is 22.1 Å². The fraction of sp³-hybridized carbons (Fsp3) is 0.222. The molecule has 1 aliphatic heterocycles. The number of rotatable bonds is 3. The third-order valence-electron chi connectivity index (χ3n) is 4.10. The monoisotopic (exact) mass is 359 g/mol. The van der Waals surface area contributed by atoms with Crippen LogP contribution in [0.4, 0.5) is 16.2 Å². The fourth-order valence-electron chi connectivity index (χ4n) is 2.53. The topological polar surface area (TPSA) is 70.7 Å². The quantitative estimate of drug-likeness (QED) is 0.873. The Morgan fingerprint density at radius 3 is 2.88 bits per heavy atom. The number of carbonyl (C=O) groups excluding carboxylic acids is 2. The summed E-state index contributed by atoms with van der Waals surface area (Å²) >= 11 is 6.02. The summed E-state index contributed by atoms with van der Waals surface area (Å²) in [5.41, 5.74) is 2.13. The molecule has 0 fully saturated rings. The predicted octanol–water partition coefficient (Wildman–Crippen LogP) is 3.90. The van der Waals surface area contributed by atoms with Gasteiger partial charge in [-0.25, -0.2) is 4.79 Å². The maximum atomic E-state index is 12.5. The van der Waals surface area contributed by atoms with Crippen molar-refractivity contribution in [1.29, 1.82) is 0 Å². The first-order chi connectivity index (χ1) is 11.9. The van der Waals surface area contributed by atoms with Crippen molar-refractivity contribution in [2.24, 2.45) is 0 Å². The number of hydrogen-bond acceptors (Lipinski definition) is 3. The van der Waals surface area contributed by atoms with Gasteiger partial charge in [-0.05, 0) is 36.8 Å². The molecule has 7 heteroatoms. The average molecular weight is 360 g/mol. The van der Waals surface area contributed by atoms with E-state index in [2.05, 4.69) is 10.6 Å². The molecule has 130 valence electrons. The molecule has 3 amide bonds. The van der Waals surface area contributed by atoms with Crippen molar-refractivity contribution in [1.82, 2.24) is 4.90 Å². The van der Waals surface area contributed by atoms with E-state index in [1.54, 1.807) is 36.2 Å². The van der Waals surface area contributed by atoms with Crippen LogP contribution in [0.2, 0.25) is 5.02 Å². The van der Waals surface area contributed by atoms with Gasteiger partial charge in [0.2, 0.25) is 0 Å². The lowest BCUT2D eigenvalue weighted by atomic mass is 10.1. The standard InChI is InChI=1S/C18H18ClN3O3/c1-11(12-4-3-5-13(19)8-12)22(2)18(24)20-14-6-7-15-16(9-14)25-10-17(23)21-15/h3-9,11H,10H2,1-2H3,(H,20,24)(H,21,23). The van der Waals surface area contributed by atoms with Crippen LogP contribution in [0.3, 0.4) is 0 Å². The van der Waals surface area contributed by atoms with Crippen LogP contribution in [0.15, 0.2) is 42.5 Å². The molecule has 2 aromatic carbocycles. The third-order valence-corrected chi connectivity index (χ3v) is 4.33. The van der Waals surface area contributed by atoms with Gasteiger partial charge >= 0.3 is 6.03 Å². The number of nitrogens with one attached hydrogen (secondary N) is 2. The molecule has 0 bridgehead atoms. The van der Waals surface area contributed by atoms with Gasteiger partial charge < -0.3 is 20.3 Å². The van der Waals surface area contributed by atoms with E-state index in [1.807, 2.05) is 25.1 Å². The Hall–Kier alpha value is -2.73. The summed E-state index contributed by atoms with van der Waals surface area (Å²) in [7, 11) is 1.72. The highest BCUT2D eigenvalue weighted by Gasteiger charge is 2.20. The van der Waals surface area contributed by atoms with Gasteiger partial charge in [-0.15, -0.1) is 0 Å². The van der Waals surface area contributed by atoms with Crippen molar-refractivity contribution in [3.05, 3.63) is 53.1 Å². The minimum absolute atomic E-state index is 0.0316. The largest absolute Gasteiger partial charge is 0.482 e. The van der Waals surface area contributed by atoms with E-state index in [1.165, 1.54) is 0 Å². The van der Waals surface area contributed by atoms with Gasteiger partial charge in [-0.2, -0.15) is 0 Å². The van der Waals surface area contributed by atoms with Crippen molar-refractivity contribution in [2.75, 3.05) is 24.3 Å². The number of ether oxygens (including phenoxy) is 1. The lowest BCUT2D eigenvalue weighted by Gasteiger charge is -2.26. The van der Waals surface area contributed by atoms with E-state index >= 15 is 0 Å². The fourth-order valence-corrected chi connectivity index (χ4v) is 2.73. The van der Waals surface area contributed by atoms with Crippen molar-refractivity contribution in [2.45, 2.75) is 13.0 Å². The molecule has 0 radical (unpaired) electrons. The molecule has 0 aromatic heterocycles. The van der Waals surface area contributed by atoms with Gasteiger partial charge in [-0.3, -0.25) is 4.79 Å². The second-order valence-corrected chi connectivity index (χ2v) is 6.26. The number of fused-ring (bicyclic) bond motifs is 1. The molecular weight excluding hydrogens is 342 g/mol. The maximum absolute atomic E-state index is 12.5. The van der Waals surface area contributed by atoms with Crippen LogP contribution in [0, 0.1) is 0 Å². The number of benzene rings is 2. The lowest BCUT2D eigenvalue weighted by Crippen LogP contribution is -2.33. The second-order valence-electron chi connectivity index (χ2n) is 5.82. The van der Waals surface area contributed by atoms with Gasteiger partial charge in [0.15, 0.2) is 6.61 Å². The minimum atomic E-state index is -0.257. The molecule has 0 saturated heterocycles. The van der Waals surface area contributed by atoms with Gasteiger partial charge in [0.05, 0.1) is 11.7 Å². The maximum Gasteiger partial charge on any atom is 0.322 e. The van der Waals surface area contributed by atoms with Gasteiger partial charge in [0.1, 0.15) is 5.75 Å². The summed E-state index contributed by atoms with van der Waals surface area (Å²) in [4.78, 5) is 25.4. The van der Waals surface area contributed by atoms with Crippen molar-refractivity contribution >= 4 is 34.9 Å². The molecular formula is C18H18ClN3O3. The van der Waals surface area contributed by atoms with E-state index < -0.39 is 0 Å². The molecule has 0 spiro atoms. The summed E-state index contributed by atoms with van der Waals surface area (Å²) in [6.45, 7) is 1.90. The normalized spacial score (nSPS) is 14.0. The van der Waals surface area contributed by atoms with Gasteiger partial charge in [0, 0.05) is 23.8 Å². The zero-order valence-corrected chi connectivity index (χ0v) is 14.6. The smallest absolute Gasteiger partial charge is 0.322 e. The average Bonchev–Trinajstić information content (AvgIpc) is 2.60. The van der Waals surface area contributed by atoms with Crippen LogP contribution in [0.1, 0.15) is 18.5 Å². The third kappa shape index (κ3) is 3.85. The Labute approximate surface area is 150 Å². The van der Waals surface area contributed by atoms with Crippen molar-refractivity contribution < 1.29 is 14.3 Å². The first kappa shape index (κ1) is 17.1. The predicted molar refractivity (Wildman–Crippen MR) is 97.2 cm³/mol. The van der Waals surface area contributed by atoms with Crippen LogP contribution in [0.25, 0.3) is 0 Å². The molecule has 0 saturated carbocycles. The number of hydrogen-bond donors (Lipinski definition) is 2. The van der Waals surface area contributed by atoms with Gasteiger partial charge in [-0.1, -0.05) is 23.7 Å². The Morgan fingerprint density at radius 1 is 1.32 bits per heavy atom. The molecule has 1 unspecified atom stereocenters. The number of amides is 3. The minimum Gasteiger partial charge on any atom is -0.482 e. The first-order valence-electron chi connectivity index (χ1n) is 7.80. The molecule has 0 aliphatic carbocycles. The SMILES string of the molecule is CC(c1cccc(Cl)c1)N(C)C(=O)Nc1ccc2c(c1)OCC(=O)N2. The highest BCUT2D eigenvalue weighted by molar-refractivity contribution is 6.30. The van der Waals surface area contributed by atoms with E-state index in [4.69, 9.17) is 16.3 Å². The lowest BCUT2D eigenvalue weighted by molar-refractivity contribution is -0.118. The van der Waals surface area contributed by atoms with Crippen LogP contribution in [-0.4, -0.2) is 30.5 Å². The molecule has 1 atom stereocenters. The number of halogens is 1. The Bertz CT molecular complexity index is 825. The van der Waals surface area contributed by atoms with Crippen LogP contribution >= 0.6 is 11.6 Å². The molecule has 1 heterocycles. The Kier molecular flexibility index (Phi) is 4.81. The Morgan fingerprint density at radius 2 is 2.12 bits per heavy atom. The summed E-state index contributed by atoms with van der Waals surface area (Å²) < 4.78 is 5.36. The Balaban J connectivity index is 1.70. The van der Waals surface area contributed by atoms with E-state index in [0.717, 1.165) is 5.56 Å². The zero-order valence-electron chi connectivity index (χ0n) is 13.9. The molecule has 6 nitrogen and oxygen atoms in total. The first-order valence-corrected chi connectivity index (χ1v) is 8.18. The zero-order chi connectivity index (χ0) is 18.0. The molecule has 1 aliphatic rings. The summed E-state index contributed by atoms with van der Waals surface area (Å²) in [6, 6.07) is 12.1. The number of carbonyl (C=O) groups is 2. The van der Waals surface area contributed by atoms with Crippen LogP contribution < -0.4 is 15.4 Å². The second kappa shape index (κ2) is 7.03. The molecule has 2 aromatic rings. The van der Waals surface area contributed by atoms with Crippen molar-refractivity contribution in [3.8, 4) is 5.75 Å². The summed E-state index contributed by atoms with van der Waals surface area (Å²) in [5.74, 6) is 0.335. The molecule has 3 rings (SSSR count). The molecule has 25 heavy (non-hydrogen) atoms. The highest BCUT2D eigenvalue weighted by atomic mass is 35.5.